The molecule has 2 atom stereocenters. The molecule has 2 unspecified atom stereocenters. The minimum Gasteiger partial charge on any atom is -0.342 e. The Labute approximate surface area is 56.2 Å². The molecule has 2 aliphatic rings. The van der Waals surface area contributed by atoms with Crippen LogP contribution in [-0.4, -0.2) is 37.6 Å². The van der Waals surface area contributed by atoms with Crippen molar-refractivity contribution in [2.24, 2.45) is 5.92 Å². The molecule has 0 saturated carbocycles. The Morgan fingerprint density at radius 2 is 2.33 bits per heavy atom. The molecule has 52 valence electrons. The Kier molecular flexibility index (Phi) is 1.24. The molecular formula is C7H15N2+. The summed E-state index contributed by atoms with van der Waals surface area (Å²) in [5, 5.41) is 2.51. The van der Waals surface area contributed by atoms with Gasteiger partial charge in [-0.25, -0.2) is 0 Å². The normalized spacial score (nSPS) is 43.7. The SMILES string of the molecule is CN1CC2CC[NH2+]C2C1. The Morgan fingerprint density at radius 3 is 3.11 bits per heavy atom. The van der Waals surface area contributed by atoms with E-state index < -0.39 is 0 Å². The maximum Gasteiger partial charge on any atom is 0.103 e. The zero-order chi connectivity index (χ0) is 6.27. The van der Waals surface area contributed by atoms with Gasteiger partial charge in [-0.1, -0.05) is 0 Å². The quantitative estimate of drug-likeness (QED) is 0.437. The zero-order valence-corrected chi connectivity index (χ0v) is 6.01. The Bertz CT molecular complexity index is 101. The highest BCUT2D eigenvalue weighted by atomic mass is 15.2. The predicted molar refractivity (Wildman–Crippen MR) is 36.2 cm³/mol. The van der Waals surface area contributed by atoms with Gasteiger partial charge in [0.05, 0.1) is 13.1 Å². The largest absolute Gasteiger partial charge is 0.342 e. The minimum absolute atomic E-state index is 0.954. The Balaban J connectivity index is 2.02. The monoisotopic (exact) mass is 127 g/mol. The van der Waals surface area contributed by atoms with E-state index in [1.165, 1.54) is 26.1 Å². The zero-order valence-electron chi connectivity index (χ0n) is 6.01. The summed E-state index contributed by atoms with van der Waals surface area (Å²) in [7, 11) is 2.23. The standard InChI is InChI=1S/C7H14N2/c1-9-4-6-2-3-8-7(6)5-9/h6-8H,2-5H2,1H3/p+1. The lowest BCUT2D eigenvalue weighted by molar-refractivity contribution is -0.669. The fourth-order valence-electron chi connectivity index (χ4n) is 2.22. The summed E-state index contributed by atoms with van der Waals surface area (Å²) in [5.74, 6) is 1.02. The number of likely N-dealkylation sites (N-methyl/N-ethyl adjacent to an activating group) is 1. The first-order valence-electron chi connectivity index (χ1n) is 3.88. The lowest BCUT2D eigenvalue weighted by Crippen LogP contribution is -2.87. The second kappa shape index (κ2) is 1.96. The molecule has 2 heterocycles. The van der Waals surface area contributed by atoms with Gasteiger partial charge in [-0.3, -0.25) is 0 Å². The van der Waals surface area contributed by atoms with Gasteiger partial charge in [0.15, 0.2) is 0 Å². The number of quaternary nitrogens is 1. The highest BCUT2D eigenvalue weighted by molar-refractivity contribution is 4.83. The first kappa shape index (κ1) is 5.69. The summed E-state index contributed by atoms with van der Waals surface area (Å²) in [6.07, 6.45) is 1.45. The third-order valence-corrected chi connectivity index (χ3v) is 2.68. The van der Waals surface area contributed by atoms with Crippen LogP contribution in [0.15, 0.2) is 0 Å². The molecule has 0 amide bonds. The molecule has 2 N–H and O–H groups in total. The van der Waals surface area contributed by atoms with Crippen LogP contribution in [0.4, 0.5) is 0 Å². The average molecular weight is 127 g/mol. The third-order valence-electron chi connectivity index (χ3n) is 2.68. The van der Waals surface area contributed by atoms with E-state index in [0.29, 0.717) is 0 Å². The summed E-state index contributed by atoms with van der Waals surface area (Å²) in [5.41, 5.74) is 0. The van der Waals surface area contributed by atoms with E-state index in [0.717, 1.165) is 12.0 Å². The number of hydrogen-bond acceptors (Lipinski definition) is 1. The molecule has 0 aromatic carbocycles. The van der Waals surface area contributed by atoms with Crippen molar-refractivity contribution in [1.82, 2.24) is 4.90 Å². The smallest absolute Gasteiger partial charge is 0.103 e. The average Bonchev–Trinajstić information content (AvgIpc) is 2.22. The van der Waals surface area contributed by atoms with Crippen LogP contribution >= 0.6 is 0 Å². The van der Waals surface area contributed by atoms with Crippen molar-refractivity contribution >= 4 is 0 Å². The second-order valence-corrected chi connectivity index (χ2v) is 3.46. The van der Waals surface area contributed by atoms with E-state index in [2.05, 4.69) is 17.3 Å². The summed E-state index contributed by atoms with van der Waals surface area (Å²) >= 11 is 0. The molecule has 2 rings (SSSR count). The number of rotatable bonds is 0. The summed E-state index contributed by atoms with van der Waals surface area (Å²) in [4.78, 5) is 2.45. The number of nitrogens with two attached hydrogens (primary N) is 1. The van der Waals surface area contributed by atoms with Crippen molar-refractivity contribution < 1.29 is 5.32 Å². The molecule has 2 nitrogen and oxygen atoms in total. The molecule has 2 heteroatoms. The number of likely N-dealkylation sites (tertiary alicyclic amines) is 1. The minimum atomic E-state index is 0.954. The maximum absolute atomic E-state index is 2.51. The van der Waals surface area contributed by atoms with Crippen molar-refractivity contribution in [1.29, 1.82) is 0 Å². The molecule has 0 bridgehead atoms. The fraction of sp³-hybridized carbons (Fsp3) is 1.00. The summed E-state index contributed by atoms with van der Waals surface area (Å²) in [6.45, 7) is 4.05. The molecule has 2 aliphatic heterocycles. The van der Waals surface area contributed by atoms with Gasteiger partial charge in [0, 0.05) is 18.9 Å². The van der Waals surface area contributed by atoms with E-state index in [1.54, 1.807) is 0 Å². The van der Waals surface area contributed by atoms with Crippen LogP contribution in [0.5, 0.6) is 0 Å². The maximum atomic E-state index is 2.51. The van der Waals surface area contributed by atoms with Crippen molar-refractivity contribution in [2.45, 2.75) is 12.5 Å². The van der Waals surface area contributed by atoms with Gasteiger partial charge in [0.1, 0.15) is 6.04 Å². The van der Waals surface area contributed by atoms with Gasteiger partial charge in [-0.15, -0.1) is 0 Å². The van der Waals surface area contributed by atoms with Crippen molar-refractivity contribution in [2.75, 3.05) is 26.7 Å². The number of hydrogen-bond donors (Lipinski definition) is 1. The van der Waals surface area contributed by atoms with Gasteiger partial charge in [0.2, 0.25) is 0 Å². The third kappa shape index (κ3) is 0.864. The molecule has 0 aromatic rings. The van der Waals surface area contributed by atoms with E-state index in [4.69, 9.17) is 0 Å². The molecule has 2 saturated heterocycles. The van der Waals surface area contributed by atoms with E-state index in [-0.39, 0.29) is 0 Å². The highest BCUT2D eigenvalue weighted by Gasteiger charge is 2.37. The van der Waals surface area contributed by atoms with Crippen LogP contribution in [-0.2, 0) is 0 Å². The van der Waals surface area contributed by atoms with Crippen molar-refractivity contribution in [3.05, 3.63) is 0 Å². The van der Waals surface area contributed by atoms with Crippen LogP contribution in [0.1, 0.15) is 6.42 Å². The van der Waals surface area contributed by atoms with Gasteiger partial charge in [-0.05, 0) is 7.05 Å². The second-order valence-electron chi connectivity index (χ2n) is 3.46. The lowest BCUT2D eigenvalue weighted by atomic mass is 10.1. The molecule has 9 heavy (non-hydrogen) atoms. The van der Waals surface area contributed by atoms with Crippen LogP contribution in [0, 0.1) is 5.92 Å². The molecule has 0 radical (unpaired) electrons. The summed E-state index contributed by atoms with van der Waals surface area (Å²) < 4.78 is 0. The van der Waals surface area contributed by atoms with Gasteiger partial charge < -0.3 is 10.2 Å². The van der Waals surface area contributed by atoms with Gasteiger partial charge in [-0.2, -0.15) is 0 Å². The van der Waals surface area contributed by atoms with Crippen LogP contribution in [0.3, 0.4) is 0 Å². The van der Waals surface area contributed by atoms with Crippen LogP contribution in [0.25, 0.3) is 0 Å². The van der Waals surface area contributed by atoms with Gasteiger partial charge in [0.25, 0.3) is 0 Å². The predicted octanol–water partition coefficient (Wildman–Crippen LogP) is -1.12. The lowest BCUT2D eigenvalue weighted by Gasteiger charge is -2.05. The van der Waals surface area contributed by atoms with Crippen LogP contribution in [0.2, 0.25) is 0 Å². The fourth-order valence-corrected chi connectivity index (χ4v) is 2.22. The van der Waals surface area contributed by atoms with Crippen molar-refractivity contribution in [3.63, 3.8) is 0 Å². The van der Waals surface area contributed by atoms with Crippen molar-refractivity contribution in [3.8, 4) is 0 Å². The van der Waals surface area contributed by atoms with E-state index >= 15 is 0 Å². The Hall–Kier alpha value is -0.0800. The molecule has 0 spiro atoms. The molecule has 0 aromatic heterocycles. The number of fused-ring (bicyclic) bond motifs is 1. The highest BCUT2D eigenvalue weighted by Crippen LogP contribution is 2.18. The van der Waals surface area contributed by atoms with Crippen LogP contribution < -0.4 is 5.32 Å². The van der Waals surface area contributed by atoms with E-state index in [1.807, 2.05) is 0 Å². The number of nitrogens with zero attached hydrogens (tertiary/aromatic N) is 1. The first-order valence-corrected chi connectivity index (χ1v) is 3.88. The van der Waals surface area contributed by atoms with E-state index in [9.17, 15) is 0 Å². The van der Waals surface area contributed by atoms with Gasteiger partial charge >= 0.3 is 0 Å². The Morgan fingerprint density at radius 1 is 1.44 bits per heavy atom. The summed E-state index contributed by atoms with van der Waals surface area (Å²) in [6, 6.07) is 0.954. The topological polar surface area (TPSA) is 19.9 Å². The molecular weight excluding hydrogens is 112 g/mol. The first-order chi connectivity index (χ1) is 4.36. The molecule has 2 fully saturated rings. The molecule has 0 aliphatic carbocycles.